The molecule has 148 valence electrons. The lowest BCUT2D eigenvalue weighted by molar-refractivity contribution is -0.137. The van der Waals surface area contributed by atoms with Crippen LogP contribution in [0.3, 0.4) is 0 Å². The largest absolute Gasteiger partial charge is 0.416 e. The summed E-state index contributed by atoms with van der Waals surface area (Å²) in [5, 5.41) is 8.16. The number of benzene rings is 2. The lowest BCUT2D eigenvalue weighted by Crippen LogP contribution is -2.52. The molecule has 1 N–H and O–H groups in total. The molecule has 28 heavy (non-hydrogen) atoms. The number of alkyl halides is 3. The Bertz CT molecular complexity index is 942. The van der Waals surface area contributed by atoms with Gasteiger partial charge in [-0.05, 0) is 51.3 Å². The van der Waals surface area contributed by atoms with E-state index in [1.54, 1.807) is 19.1 Å². The second-order valence-electron chi connectivity index (χ2n) is 7.12. The standard InChI is InChI=1S/C20H17BrF4N2O/c1-19(13-7-8-15(22)14(21)9-13)10-16(26)27(2)18(28)17(19)11-3-5-12(6-4-11)20(23,24)25/h3-9,17,26H,10H2,1-2H3/t17-,19+/m0/s1. The zero-order chi connectivity index (χ0) is 20.9. The highest BCUT2D eigenvalue weighted by atomic mass is 79.9. The van der Waals surface area contributed by atoms with Gasteiger partial charge in [-0.3, -0.25) is 10.2 Å². The molecule has 1 aliphatic rings. The first-order chi connectivity index (χ1) is 12.9. The van der Waals surface area contributed by atoms with Gasteiger partial charge in [-0.2, -0.15) is 13.2 Å². The Morgan fingerprint density at radius 2 is 1.79 bits per heavy atom. The molecule has 0 bridgehead atoms. The second kappa shape index (κ2) is 6.99. The van der Waals surface area contributed by atoms with Crippen molar-refractivity contribution in [3.63, 3.8) is 0 Å². The number of rotatable bonds is 2. The summed E-state index contributed by atoms with van der Waals surface area (Å²) in [4.78, 5) is 14.2. The van der Waals surface area contributed by atoms with E-state index in [-0.39, 0.29) is 22.6 Å². The van der Waals surface area contributed by atoms with Crippen LogP contribution in [0.1, 0.15) is 36.0 Å². The zero-order valence-corrected chi connectivity index (χ0v) is 16.7. The number of carbonyl (C=O) groups is 1. The van der Waals surface area contributed by atoms with Crippen LogP contribution in [0.4, 0.5) is 17.6 Å². The van der Waals surface area contributed by atoms with Gasteiger partial charge in [-0.25, -0.2) is 4.39 Å². The third kappa shape index (κ3) is 3.45. The number of halogens is 5. The highest BCUT2D eigenvalue weighted by Crippen LogP contribution is 2.47. The molecule has 2 aromatic carbocycles. The van der Waals surface area contributed by atoms with Gasteiger partial charge in [0.25, 0.3) is 0 Å². The maximum atomic E-state index is 13.7. The summed E-state index contributed by atoms with van der Waals surface area (Å²) in [6, 6.07) is 8.85. The van der Waals surface area contributed by atoms with Crippen LogP contribution in [0, 0.1) is 11.2 Å². The van der Waals surface area contributed by atoms with Gasteiger partial charge in [0, 0.05) is 18.9 Å². The van der Waals surface area contributed by atoms with Crippen LogP contribution in [0.15, 0.2) is 46.9 Å². The van der Waals surface area contributed by atoms with Crippen LogP contribution in [0.25, 0.3) is 0 Å². The van der Waals surface area contributed by atoms with E-state index in [1.165, 1.54) is 30.1 Å². The van der Waals surface area contributed by atoms with Crippen LogP contribution < -0.4 is 0 Å². The smallest absolute Gasteiger partial charge is 0.303 e. The lowest BCUT2D eigenvalue weighted by Gasteiger charge is -2.45. The lowest BCUT2D eigenvalue weighted by atomic mass is 9.64. The van der Waals surface area contributed by atoms with Gasteiger partial charge in [0.15, 0.2) is 0 Å². The Balaban J connectivity index is 2.14. The number of carbonyl (C=O) groups excluding carboxylic acids is 1. The molecule has 0 radical (unpaired) electrons. The van der Waals surface area contributed by atoms with E-state index < -0.39 is 28.9 Å². The number of nitrogens with one attached hydrogen (secondary N) is 1. The van der Waals surface area contributed by atoms with E-state index in [9.17, 15) is 22.4 Å². The maximum absolute atomic E-state index is 13.7. The average molecular weight is 457 g/mol. The third-order valence-electron chi connectivity index (χ3n) is 5.30. The number of hydrogen-bond donors (Lipinski definition) is 1. The van der Waals surface area contributed by atoms with Crippen LogP contribution in [0.5, 0.6) is 0 Å². The van der Waals surface area contributed by atoms with Gasteiger partial charge in [0.1, 0.15) is 11.7 Å². The molecular formula is C20H17BrF4N2O. The monoisotopic (exact) mass is 456 g/mol. The van der Waals surface area contributed by atoms with Crippen molar-refractivity contribution in [2.75, 3.05) is 7.05 Å². The van der Waals surface area contributed by atoms with E-state index in [0.717, 1.165) is 12.1 Å². The number of nitrogens with zero attached hydrogens (tertiary/aromatic N) is 1. The van der Waals surface area contributed by atoms with Gasteiger partial charge in [0.05, 0.1) is 16.0 Å². The predicted molar refractivity (Wildman–Crippen MR) is 101 cm³/mol. The summed E-state index contributed by atoms with van der Waals surface area (Å²) < 4.78 is 52.7. The first kappa shape index (κ1) is 20.5. The molecule has 1 heterocycles. The maximum Gasteiger partial charge on any atom is 0.416 e. The van der Waals surface area contributed by atoms with Crippen molar-refractivity contribution in [1.29, 1.82) is 5.41 Å². The Morgan fingerprint density at radius 1 is 1.18 bits per heavy atom. The molecule has 8 heteroatoms. The van der Waals surface area contributed by atoms with Gasteiger partial charge < -0.3 is 4.90 Å². The molecule has 3 rings (SSSR count). The number of hydrogen-bond acceptors (Lipinski definition) is 2. The minimum absolute atomic E-state index is 0.0936. The number of likely N-dealkylation sites (N-methyl/N-ethyl adjacent to an activating group) is 1. The molecule has 1 saturated heterocycles. The van der Waals surface area contributed by atoms with Crippen LogP contribution in [0.2, 0.25) is 0 Å². The van der Waals surface area contributed by atoms with Crippen LogP contribution in [-0.4, -0.2) is 23.7 Å². The van der Waals surface area contributed by atoms with Gasteiger partial charge in [0.2, 0.25) is 5.91 Å². The quantitative estimate of drug-likeness (QED) is 0.596. The molecule has 1 aliphatic heterocycles. The molecule has 3 nitrogen and oxygen atoms in total. The molecule has 2 atom stereocenters. The first-order valence-corrected chi connectivity index (χ1v) is 9.22. The van der Waals surface area contributed by atoms with Crippen molar-refractivity contribution in [2.45, 2.75) is 30.9 Å². The van der Waals surface area contributed by atoms with E-state index in [1.807, 2.05) is 0 Å². The van der Waals surface area contributed by atoms with Gasteiger partial charge in [-0.15, -0.1) is 0 Å². The summed E-state index contributed by atoms with van der Waals surface area (Å²) >= 11 is 3.14. The minimum atomic E-state index is -4.47. The van der Waals surface area contributed by atoms with Crippen LogP contribution in [-0.2, 0) is 16.4 Å². The zero-order valence-electron chi connectivity index (χ0n) is 15.1. The number of piperidine rings is 1. The van der Waals surface area contributed by atoms with E-state index >= 15 is 0 Å². The van der Waals surface area contributed by atoms with Crippen molar-refractivity contribution >= 4 is 27.7 Å². The molecule has 0 saturated carbocycles. The fraction of sp³-hybridized carbons (Fsp3) is 0.300. The SMILES string of the molecule is CN1C(=N)C[C@](C)(c2ccc(F)c(Br)c2)[C@@H](c2ccc(C(F)(F)F)cc2)C1=O. The number of amides is 1. The Morgan fingerprint density at radius 3 is 2.32 bits per heavy atom. The van der Waals surface area contributed by atoms with Crippen LogP contribution >= 0.6 is 15.9 Å². The van der Waals surface area contributed by atoms with Crippen molar-refractivity contribution in [3.05, 3.63) is 69.4 Å². The summed E-state index contributed by atoms with van der Waals surface area (Å²) in [6.07, 6.45) is -4.29. The number of likely N-dealkylation sites (tertiary alicyclic amines) is 1. The highest BCUT2D eigenvalue weighted by molar-refractivity contribution is 9.10. The topological polar surface area (TPSA) is 44.2 Å². The average Bonchev–Trinajstić information content (AvgIpc) is 2.62. The molecule has 0 spiro atoms. The number of amidine groups is 1. The van der Waals surface area contributed by atoms with Crippen molar-refractivity contribution in [1.82, 2.24) is 4.90 Å². The fourth-order valence-corrected chi connectivity index (χ4v) is 4.04. The van der Waals surface area contributed by atoms with Crippen molar-refractivity contribution < 1.29 is 22.4 Å². The summed E-state index contributed by atoms with van der Waals surface area (Å²) in [7, 11) is 1.47. The molecule has 0 aliphatic carbocycles. The summed E-state index contributed by atoms with van der Waals surface area (Å²) in [5.41, 5.74) is -0.680. The Hall–Kier alpha value is -2.22. The van der Waals surface area contributed by atoms with Gasteiger partial charge in [-0.1, -0.05) is 25.1 Å². The van der Waals surface area contributed by atoms with Crippen molar-refractivity contribution in [2.24, 2.45) is 0 Å². The molecular weight excluding hydrogens is 440 g/mol. The summed E-state index contributed by atoms with van der Waals surface area (Å²) in [6.45, 7) is 1.77. The molecule has 1 fully saturated rings. The highest BCUT2D eigenvalue weighted by Gasteiger charge is 2.48. The van der Waals surface area contributed by atoms with Gasteiger partial charge >= 0.3 is 6.18 Å². The first-order valence-electron chi connectivity index (χ1n) is 8.43. The second-order valence-corrected chi connectivity index (χ2v) is 7.97. The summed E-state index contributed by atoms with van der Waals surface area (Å²) in [5.74, 6) is -1.57. The van der Waals surface area contributed by atoms with E-state index in [4.69, 9.17) is 5.41 Å². The molecule has 1 amide bonds. The molecule has 2 aromatic rings. The van der Waals surface area contributed by atoms with E-state index in [2.05, 4.69) is 15.9 Å². The predicted octanol–water partition coefficient (Wildman–Crippen LogP) is 5.49. The third-order valence-corrected chi connectivity index (χ3v) is 5.91. The van der Waals surface area contributed by atoms with Crippen molar-refractivity contribution in [3.8, 4) is 0 Å². The Labute approximate surface area is 168 Å². The molecule has 0 aromatic heterocycles. The Kier molecular flexibility index (Phi) is 5.12. The molecule has 0 unspecified atom stereocenters. The minimum Gasteiger partial charge on any atom is -0.303 e. The fourth-order valence-electron chi connectivity index (χ4n) is 3.66. The normalized spacial score (nSPS) is 23.2. The van der Waals surface area contributed by atoms with E-state index in [0.29, 0.717) is 11.1 Å².